The SMILES string of the molecule is CC(C)(C)OC(=O)NC1C=C(C(=O)O)CC1Br. The standard InChI is InChI=1S/C11H16BrNO4/c1-11(2,3)17-10(16)13-8-5-6(9(14)15)4-7(8)12/h5,7-8H,4H2,1-3H3,(H,13,16)(H,14,15). The highest BCUT2D eigenvalue weighted by atomic mass is 79.9. The monoisotopic (exact) mass is 305 g/mol. The summed E-state index contributed by atoms with van der Waals surface area (Å²) in [6.07, 6.45) is 1.37. The number of carboxylic acids is 1. The van der Waals surface area contributed by atoms with E-state index in [2.05, 4.69) is 21.2 Å². The maximum atomic E-state index is 11.5. The molecule has 6 heteroatoms. The number of hydrogen-bond acceptors (Lipinski definition) is 3. The molecule has 0 spiro atoms. The summed E-state index contributed by atoms with van der Waals surface area (Å²) < 4.78 is 5.10. The number of ether oxygens (including phenoxy) is 1. The molecular weight excluding hydrogens is 290 g/mol. The summed E-state index contributed by atoms with van der Waals surface area (Å²) in [5, 5.41) is 11.5. The minimum Gasteiger partial charge on any atom is -0.478 e. The number of rotatable bonds is 2. The summed E-state index contributed by atoms with van der Waals surface area (Å²) >= 11 is 3.34. The first-order valence-electron chi connectivity index (χ1n) is 5.26. The van der Waals surface area contributed by atoms with E-state index < -0.39 is 17.7 Å². The van der Waals surface area contributed by atoms with Crippen molar-refractivity contribution in [1.82, 2.24) is 5.32 Å². The first-order chi connectivity index (χ1) is 7.69. The van der Waals surface area contributed by atoms with Gasteiger partial charge in [0, 0.05) is 10.4 Å². The van der Waals surface area contributed by atoms with E-state index in [1.54, 1.807) is 20.8 Å². The summed E-state index contributed by atoms with van der Waals surface area (Å²) in [5.41, 5.74) is -0.267. The van der Waals surface area contributed by atoms with Crippen LogP contribution in [-0.4, -0.2) is 33.6 Å². The Morgan fingerprint density at radius 3 is 2.53 bits per heavy atom. The lowest BCUT2D eigenvalue weighted by atomic mass is 10.2. The van der Waals surface area contributed by atoms with Crippen molar-refractivity contribution in [3.63, 3.8) is 0 Å². The van der Waals surface area contributed by atoms with Crippen molar-refractivity contribution in [3.8, 4) is 0 Å². The molecule has 1 rings (SSSR count). The molecule has 0 saturated carbocycles. The molecule has 2 atom stereocenters. The summed E-state index contributed by atoms with van der Waals surface area (Å²) in [4.78, 5) is 22.2. The van der Waals surface area contributed by atoms with Crippen molar-refractivity contribution < 1.29 is 19.4 Å². The van der Waals surface area contributed by atoms with Crippen LogP contribution in [0.4, 0.5) is 4.79 Å². The first-order valence-corrected chi connectivity index (χ1v) is 6.18. The number of hydrogen-bond donors (Lipinski definition) is 2. The van der Waals surface area contributed by atoms with E-state index in [0.717, 1.165) is 0 Å². The fourth-order valence-electron chi connectivity index (χ4n) is 1.46. The highest BCUT2D eigenvalue weighted by Crippen LogP contribution is 2.26. The molecule has 0 aromatic heterocycles. The van der Waals surface area contributed by atoms with E-state index in [1.807, 2.05) is 0 Å². The molecule has 2 unspecified atom stereocenters. The Bertz CT molecular complexity index is 359. The molecule has 0 fully saturated rings. The van der Waals surface area contributed by atoms with Crippen LogP contribution in [0.1, 0.15) is 27.2 Å². The zero-order valence-corrected chi connectivity index (χ0v) is 11.6. The fourth-order valence-corrected chi connectivity index (χ4v) is 2.09. The van der Waals surface area contributed by atoms with Crippen LogP contribution in [0.5, 0.6) is 0 Å². The lowest BCUT2D eigenvalue weighted by Crippen LogP contribution is -2.40. The van der Waals surface area contributed by atoms with E-state index >= 15 is 0 Å². The Morgan fingerprint density at radius 1 is 1.53 bits per heavy atom. The highest BCUT2D eigenvalue weighted by molar-refractivity contribution is 9.09. The van der Waals surface area contributed by atoms with Crippen LogP contribution in [0, 0.1) is 0 Å². The number of aliphatic carboxylic acids is 1. The minimum atomic E-state index is -0.956. The maximum Gasteiger partial charge on any atom is 0.408 e. The zero-order valence-electron chi connectivity index (χ0n) is 9.99. The fraction of sp³-hybridized carbons (Fsp3) is 0.636. The van der Waals surface area contributed by atoms with Crippen LogP contribution >= 0.6 is 15.9 Å². The van der Waals surface area contributed by atoms with Crippen molar-refractivity contribution in [2.75, 3.05) is 0 Å². The Kier molecular flexibility index (Phi) is 4.19. The number of carbonyl (C=O) groups is 2. The normalized spacial score (nSPS) is 24.1. The average Bonchev–Trinajstić information content (AvgIpc) is 2.44. The van der Waals surface area contributed by atoms with Crippen molar-refractivity contribution >= 4 is 28.0 Å². The van der Waals surface area contributed by atoms with E-state index in [9.17, 15) is 9.59 Å². The average molecular weight is 306 g/mol. The van der Waals surface area contributed by atoms with Gasteiger partial charge in [0.2, 0.25) is 0 Å². The second-order valence-corrected chi connectivity index (χ2v) is 6.07. The molecule has 0 aromatic carbocycles. The Hall–Kier alpha value is -1.04. The van der Waals surface area contributed by atoms with Gasteiger partial charge in [0.1, 0.15) is 5.60 Å². The number of alkyl carbamates (subject to hydrolysis) is 1. The van der Waals surface area contributed by atoms with Crippen LogP contribution in [0.3, 0.4) is 0 Å². The molecular formula is C11H16BrNO4. The number of nitrogens with one attached hydrogen (secondary N) is 1. The molecule has 0 aromatic rings. The van der Waals surface area contributed by atoms with E-state index in [4.69, 9.17) is 9.84 Å². The predicted molar refractivity (Wildman–Crippen MR) is 66.2 cm³/mol. The van der Waals surface area contributed by atoms with Crippen LogP contribution in [-0.2, 0) is 9.53 Å². The summed E-state index contributed by atoms with van der Waals surface area (Å²) in [7, 11) is 0. The smallest absolute Gasteiger partial charge is 0.408 e. The van der Waals surface area contributed by atoms with Gasteiger partial charge < -0.3 is 15.2 Å². The lowest BCUT2D eigenvalue weighted by Gasteiger charge is -2.22. The summed E-state index contributed by atoms with van der Waals surface area (Å²) in [6, 6.07) is -0.351. The van der Waals surface area contributed by atoms with Crippen molar-refractivity contribution in [2.45, 2.75) is 43.7 Å². The zero-order chi connectivity index (χ0) is 13.2. The second kappa shape index (κ2) is 5.08. The van der Waals surface area contributed by atoms with Crippen LogP contribution in [0.25, 0.3) is 0 Å². The molecule has 2 N–H and O–H groups in total. The van der Waals surface area contributed by atoms with Gasteiger partial charge in [-0.15, -0.1) is 0 Å². The molecule has 0 radical (unpaired) electrons. The third-order valence-electron chi connectivity index (χ3n) is 2.14. The predicted octanol–water partition coefficient (Wildman–Crippen LogP) is 2.06. The van der Waals surface area contributed by atoms with Gasteiger partial charge in [0.05, 0.1) is 6.04 Å². The minimum absolute atomic E-state index is 0.110. The van der Waals surface area contributed by atoms with Crippen LogP contribution in [0.15, 0.2) is 11.6 Å². The van der Waals surface area contributed by atoms with Gasteiger partial charge in [0.25, 0.3) is 0 Å². The molecule has 0 aliphatic heterocycles. The van der Waals surface area contributed by atoms with E-state index in [1.165, 1.54) is 6.08 Å². The van der Waals surface area contributed by atoms with Crippen LogP contribution < -0.4 is 5.32 Å². The Balaban J connectivity index is 2.58. The van der Waals surface area contributed by atoms with Crippen molar-refractivity contribution in [3.05, 3.63) is 11.6 Å². The quantitative estimate of drug-likeness (QED) is 0.766. The van der Waals surface area contributed by atoms with Gasteiger partial charge >= 0.3 is 12.1 Å². The maximum absolute atomic E-state index is 11.5. The van der Waals surface area contributed by atoms with Crippen LogP contribution in [0.2, 0.25) is 0 Å². The second-order valence-electron chi connectivity index (χ2n) is 4.89. The number of alkyl halides is 1. The molecule has 1 amide bonds. The summed E-state index contributed by atoms with van der Waals surface area (Å²) in [5.74, 6) is -0.956. The van der Waals surface area contributed by atoms with Gasteiger partial charge in [0.15, 0.2) is 0 Å². The van der Waals surface area contributed by atoms with Crippen molar-refractivity contribution in [2.24, 2.45) is 0 Å². The molecule has 0 bridgehead atoms. The number of carbonyl (C=O) groups excluding carboxylic acids is 1. The molecule has 0 heterocycles. The molecule has 0 saturated heterocycles. The van der Waals surface area contributed by atoms with E-state index in [-0.39, 0.29) is 10.9 Å². The first kappa shape index (κ1) is 14.0. The van der Waals surface area contributed by atoms with Gasteiger partial charge in [-0.2, -0.15) is 0 Å². The number of amides is 1. The molecule has 17 heavy (non-hydrogen) atoms. The molecule has 5 nitrogen and oxygen atoms in total. The third-order valence-corrected chi connectivity index (χ3v) is 3.04. The van der Waals surface area contributed by atoms with Gasteiger partial charge in [-0.25, -0.2) is 9.59 Å². The Morgan fingerprint density at radius 2 is 2.12 bits per heavy atom. The Labute approximate surface area is 108 Å². The summed E-state index contributed by atoms with van der Waals surface area (Å²) in [6.45, 7) is 5.31. The van der Waals surface area contributed by atoms with Gasteiger partial charge in [-0.3, -0.25) is 0 Å². The van der Waals surface area contributed by atoms with E-state index in [0.29, 0.717) is 12.0 Å². The van der Waals surface area contributed by atoms with Gasteiger partial charge in [-0.05, 0) is 27.2 Å². The number of halogens is 1. The van der Waals surface area contributed by atoms with Crippen molar-refractivity contribution in [1.29, 1.82) is 0 Å². The lowest BCUT2D eigenvalue weighted by molar-refractivity contribution is -0.132. The molecule has 1 aliphatic carbocycles. The topological polar surface area (TPSA) is 75.6 Å². The third kappa shape index (κ3) is 4.38. The molecule has 96 valence electrons. The number of carboxylic acid groups (broad SMARTS) is 1. The highest BCUT2D eigenvalue weighted by Gasteiger charge is 2.30. The molecule has 1 aliphatic rings. The van der Waals surface area contributed by atoms with Gasteiger partial charge in [-0.1, -0.05) is 22.0 Å². The largest absolute Gasteiger partial charge is 0.478 e.